The number of hydrogen-bond acceptors (Lipinski definition) is 3. The monoisotopic (exact) mass is 347 g/mol. The summed E-state index contributed by atoms with van der Waals surface area (Å²) < 4.78 is 5.77. The van der Waals surface area contributed by atoms with Crippen LogP contribution in [-0.2, 0) is 4.79 Å². The van der Waals surface area contributed by atoms with Crippen molar-refractivity contribution in [1.29, 1.82) is 0 Å². The number of carbonyl (C=O) groups excluding carboxylic acids is 2. The maximum Gasteiger partial charge on any atom is 0.317 e. The van der Waals surface area contributed by atoms with Crippen molar-refractivity contribution in [1.82, 2.24) is 15.1 Å². The maximum atomic E-state index is 12.4. The fourth-order valence-corrected chi connectivity index (χ4v) is 2.78. The highest BCUT2D eigenvalue weighted by molar-refractivity contribution is 5.79. The minimum atomic E-state index is -0.0630. The van der Waals surface area contributed by atoms with E-state index in [0.29, 0.717) is 38.6 Å². The number of aryl methyl sites for hydroxylation is 1. The molecule has 3 amide bonds. The van der Waals surface area contributed by atoms with Gasteiger partial charge in [-0.25, -0.2) is 4.79 Å². The van der Waals surface area contributed by atoms with Crippen LogP contribution in [0.5, 0.6) is 5.75 Å². The van der Waals surface area contributed by atoms with E-state index in [-0.39, 0.29) is 18.5 Å². The number of amides is 3. The molecular formula is C19H29N3O3. The van der Waals surface area contributed by atoms with Crippen LogP contribution in [0.1, 0.15) is 37.8 Å². The molecule has 0 unspecified atom stereocenters. The summed E-state index contributed by atoms with van der Waals surface area (Å²) in [6.07, 6.45) is 0. The number of nitrogens with one attached hydrogen (secondary N) is 1. The van der Waals surface area contributed by atoms with Crippen LogP contribution in [0, 0.1) is 6.92 Å². The Labute approximate surface area is 150 Å². The van der Waals surface area contributed by atoms with E-state index in [4.69, 9.17) is 4.74 Å². The number of carbonyl (C=O) groups is 2. The van der Waals surface area contributed by atoms with Gasteiger partial charge in [0.25, 0.3) is 5.91 Å². The molecule has 1 aromatic carbocycles. The molecule has 138 valence electrons. The first-order chi connectivity index (χ1) is 11.9. The second-order valence-corrected chi connectivity index (χ2v) is 6.67. The lowest BCUT2D eigenvalue weighted by Crippen LogP contribution is -2.53. The van der Waals surface area contributed by atoms with E-state index in [1.54, 1.807) is 9.80 Å². The average molecular weight is 347 g/mol. The molecule has 0 aromatic heterocycles. The molecule has 1 heterocycles. The molecule has 0 atom stereocenters. The second-order valence-electron chi connectivity index (χ2n) is 6.67. The number of urea groups is 1. The summed E-state index contributed by atoms with van der Waals surface area (Å²) >= 11 is 0. The van der Waals surface area contributed by atoms with Gasteiger partial charge in [0.2, 0.25) is 0 Å². The summed E-state index contributed by atoms with van der Waals surface area (Å²) in [5, 5.41) is 2.79. The minimum Gasteiger partial charge on any atom is -0.483 e. The van der Waals surface area contributed by atoms with Crippen molar-refractivity contribution in [2.24, 2.45) is 0 Å². The van der Waals surface area contributed by atoms with Gasteiger partial charge in [0.1, 0.15) is 5.75 Å². The van der Waals surface area contributed by atoms with Crippen molar-refractivity contribution < 1.29 is 14.3 Å². The lowest BCUT2D eigenvalue weighted by atomic mass is 10.0. The zero-order valence-corrected chi connectivity index (χ0v) is 15.7. The standard InChI is InChI=1S/C19H29N3O3/c1-5-20-19(24)22-10-8-21(9-11-22)18(23)13-25-17-12-16(14(2)3)7-6-15(17)4/h6-7,12,14H,5,8-11,13H2,1-4H3,(H,20,24). The van der Waals surface area contributed by atoms with E-state index in [9.17, 15) is 9.59 Å². The van der Waals surface area contributed by atoms with Gasteiger partial charge in [0, 0.05) is 32.7 Å². The van der Waals surface area contributed by atoms with Gasteiger partial charge in [0.05, 0.1) is 0 Å². The summed E-state index contributed by atoms with van der Waals surface area (Å²) in [7, 11) is 0. The summed E-state index contributed by atoms with van der Waals surface area (Å²) in [5.41, 5.74) is 2.22. The van der Waals surface area contributed by atoms with Gasteiger partial charge in [-0.05, 0) is 37.0 Å². The van der Waals surface area contributed by atoms with Crippen LogP contribution in [0.4, 0.5) is 4.79 Å². The van der Waals surface area contributed by atoms with Crippen molar-refractivity contribution in [3.05, 3.63) is 29.3 Å². The zero-order valence-electron chi connectivity index (χ0n) is 15.7. The van der Waals surface area contributed by atoms with Gasteiger partial charge in [0.15, 0.2) is 6.61 Å². The topological polar surface area (TPSA) is 61.9 Å². The van der Waals surface area contributed by atoms with E-state index < -0.39 is 0 Å². The van der Waals surface area contributed by atoms with Crippen molar-refractivity contribution in [2.75, 3.05) is 39.3 Å². The fraction of sp³-hybridized carbons (Fsp3) is 0.579. The van der Waals surface area contributed by atoms with Crippen LogP contribution in [0.25, 0.3) is 0 Å². The van der Waals surface area contributed by atoms with Crippen molar-refractivity contribution in [3.63, 3.8) is 0 Å². The Bertz CT molecular complexity index is 608. The molecule has 0 spiro atoms. The third-order valence-corrected chi connectivity index (χ3v) is 4.48. The quantitative estimate of drug-likeness (QED) is 0.889. The average Bonchev–Trinajstić information content (AvgIpc) is 2.61. The molecule has 25 heavy (non-hydrogen) atoms. The second kappa shape index (κ2) is 8.74. The molecular weight excluding hydrogens is 318 g/mol. The van der Waals surface area contributed by atoms with Gasteiger partial charge in [-0.2, -0.15) is 0 Å². The molecule has 6 nitrogen and oxygen atoms in total. The minimum absolute atomic E-state index is 0.0313. The highest BCUT2D eigenvalue weighted by atomic mass is 16.5. The van der Waals surface area contributed by atoms with Crippen LogP contribution >= 0.6 is 0 Å². The third-order valence-electron chi connectivity index (χ3n) is 4.48. The van der Waals surface area contributed by atoms with Gasteiger partial charge >= 0.3 is 6.03 Å². The number of hydrogen-bond donors (Lipinski definition) is 1. The maximum absolute atomic E-state index is 12.4. The molecule has 2 rings (SSSR count). The lowest BCUT2D eigenvalue weighted by Gasteiger charge is -2.34. The van der Waals surface area contributed by atoms with Crippen LogP contribution in [0.2, 0.25) is 0 Å². The van der Waals surface area contributed by atoms with Crippen LogP contribution < -0.4 is 10.1 Å². The predicted molar refractivity (Wildman–Crippen MR) is 98.0 cm³/mol. The first-order valence-corrected chi connectivity index (χ1v) is 8.96. The molecule has 0 saturated carbocycles. The Kier molecular flexibility index (Phi) is 6.67. The number of nitrogens with zero attached hydrogens (tertiary/aromatic N) is 2. The SMILES string of the molecule is CCNC(=O)N1CCN(C(=O)COc2cc(C(C)C)ccc2C)CC1. The molecule has 1 N–H and O–H groups in total. The number of rotatable bonds is 5. The largest absolute Gasteiger partial charge is 0.483 e. The normalized spacial score (nSPS) is 14.6. The molecule has 1 aliphatic heterocycles. The van der Waals surface area contributed by atoms with E-state index in [0.717, 1.165) is 11.3 Å². The molecule has 0 radical (unpaired) electrons. The van der Waals surface area contributed by atoms with E-state index in [1.165, 1.54) is 5.56 Å². The van der Waals surface area contributed by atoms with Crippen LogP contribution in [-0.4, -0.2) is 61.1 Å². The Balaban J connectivity index is 1.85. The Morgan fingerprint density at radius 3 is 2.40 bits per heavy atom. The highest BCUT2D eigenvalue weighted by Crippen LogP contribution is 2.24. The van der Waals surface area contributed by atoms with Gasteiger partial charge in [-0.15, -0.1) is 0 Å². The first-order valence-electron chi connectivity index (χ1n) is 8.96. The zero-order chi connectivity index (χ0) is 18.4. The molecule has 1 fully saturated rings. The van der Waals surface area contributed by atoms with Gasteiger partial charge in [-0.1, -0.05) is 26.0 Å². The van der Waals surface area contributed by atoms with Gasteiger partial charge in [-0.3, -0.25) is 4.79 Å². The Hall–Kier alpha value is -2.24. The molecule has 1 saturated heterocycles. The number of benzene rings is 1. The van der Waals surface area contributed by atoms with Crippen LogP contribution in [0.15, 0.2) is 18.2 Å². The molecule has 0 bridgehead atoms. The summed E-state index contributed by atoms with van der Waals surface area (Å²) in [4.78, 5) is 27.7. The third kappa shape index (κ3) is 5.11. The summed E-state index contributed by atoms with van der Waals surface area (Å²) in [5.74, 6) is 1.14. The smallest absolute Gasteiger partial charge is 0.317 e. The lowest BCUT2D eigenvalue weighted by molar-refractivity contribution is -0.134. The summed E-state index contributed by atoms with van der Waals surface area (Å²) in [6.45, 7) is 11.0. The molecule has 0 aliphatic carbocycles. The van der Waals surface area contributed by atoms with Crippen LogP contribution in [0.3, 0.4) is 0 Å². The molecule has 1 aliphatic rings. The van der Waals surface area contributed by atoms with Gasteiger partial charge < -0.3 is 19.9 Å². The van der Waals surface area contributed by atoms with E-state index in [1.807, 2.05) is 26.0 Å². The first kappa shape index (κ1) is 19.1. The highest BCUT2D eigenvalue weighted by Gasteiger charge is 2.24. The molecule has 1 aromatic rings. The fourth-order valence-electron chi connectivity index (χ4n) is 2.78. The predicted octanol–water partition coefficient (Wildman–Crippen LogP) is 2.37. The Morgan fingerprint density at radius 1 is 1.16 bits per heavy atom. The van der Waals surface area contributed by atoms with E-state index in [2.05, 4.69) is 25.2 Å². The molecule has 6 heteroatoms. The van der Waals surface area contributed by atoms with Crippen molar-refractivity contribution in [3.8, 4) is 5.75 Å². The number of piperazine rings is 1. The van der Waals surface area contributed by atoms with Crippen molar-refractivity contribution >= 4 is 11.9 Å². The van der Waals surface area contributed by atoms with Crippen molar-refractivity contribution in [2.45, 2.75) is 33.6 Å². The van der Waals surface area contributed by atoms with E-state index >= 15 is 0 Å². The Morgan fingerprint density at radius 2 is 1.80 bits per heavy atom. The summed E-state index contributed by atoms with van der Waals surface area (Å²) in [6, 6.07) is 6.07. The number of ether oxygens (including phenoxy) is 1.